The Hall–Kier alpha value is -3.26. The van der Waals surface area contributed by atoms with Gasteiger partial charge in [-0.25, -0.2) is 0 Å². The minimum absolute atomic E-state index is 0.00840. The van der Waals surface area contributed by atoms with Crippen molar-refractivity contribution in [1.29, 1.82) is 5.26 Å². The fourth-order valence-corrected chi connectivity index (χ4v) is 1.92. The molecule has 0 radical (unpaired) electrons. The lowest BCUT2D eigenvalue weighted by molar-refractivity contribution is -0.112. The van der Waals surface area contributed by atoms with Crippen LogP contribution in [0, 0.1) is 11.3 Å². The monoisotopic (exact) mass is 308 g/mol. The number of nitrogens with one attached hydrogen (secondary N) is 1. The van der Waals surface area contributed by atoms with Gasteiger partial charge in [0.25, 0.3) is 5.91 Å². The Balaban J connectivity index is 2.17. The summed E-state index contributed by atoms with van der Waals surface area (Å²) in [5, 5.41) is 11.9. The van der Waals surface area contributed by atoms with Gasteiger partial charge in [0.15, 0.2) is 0 Å². The smallest absolute Gasteiger partial charge is 0.266 e. The first-order chi connectivity index (χ1) is 11.2. The standard InChI is InChI=1S/C18H16N2O3/c1-22-16-8-6-15(7-9-16)20-18(21)14(12-19)10-13-4-3-5-17(11-13)23-2/h3-11H,1-2H3,(H,20,21)/b14-10-. The molecule has 0 atom stereocenters. The third-order valence-corrected chi connectivity index (χ3v) is 3.12. The first kappa shape index (κ1) is 16.1. The SMILES string of the molecule is COc1ccc(NC(=O)/C(C#N)=C\c2cccc(OC)c2)cc1. The zero-order chi connectivity index (χ0) is 16.7. The van der Waals surface area contributed by atoms with Crippen molar-refractivity contribution in [3.05, 3.63) is 59.7 Å². The summed E-state index contributed by atoms with van der Waals surface area (Å²) < 4.78 is 10.2. The van der Waals surface area contributed by atoms with Crippen molar-refractivity contribution in [3.63, 3.8) is 0 Å². The number of carbonyl (C=O) groups is 1. The number of anilines is 1. The predicted molar refractivity (Wildman–Crippen MR) is 88.2 cm³/mol. The normalized spacial score (nSPS) is 10.6. The van der Waals surface area contributed by atoms with Crippen LogP contribution in [0.4, 0.5) is 5.69 Å². The topological polar surface area (TPSA) is 71.3 Å². The van der Waals surface area contributed by atoms with Crippen LogP contribution in [0.1, 0.15) is 5.56 Å². The molecule has 0 heterocycles. The van der Waals surface area contributed by atoms with Gasteiger partial charge < -0.3 is 14.8 Å². The van der Waals surface area contributed by atoms with Gasteiger partial charge in [0.2, 0.25) is 0 Å². The number of benzene rings is 2. The van der Waals surface area contributed by atoms with E-state index in [0.717, 1.165) is 0 Å². The highest BCUT2D eigenvalue weighted by Crippen LogP contribution is 2.18. The van der Waals surface area contributed by atoms with Gasteiger partial charge in [0.05, 0.1) is 14.2 Å². The van der Waals surface area contributed by atoms with Crippen LogP contribution in [-0.4, -0.2) is 20.1 Å². The Morgan fingerprint density at radius 3 is 2.39 bits per heavy atom. The fourth-order valence-electron chi connectivity index (χ4n) is 1.92. The van der Waals surface area contributed by atoms with Crippen molar-refractivity contribution in [2.75, 3.05) is 19.5 Å². The molecule has 1 amide bonds. The number of nitrogens with zero attached hydrogens (tertiary/aromatic N) is 1. The number of nitriles is 1. The van der Waals surface area contributed by atoms with Crippen molar-refractivity contribution in [2.45, 2.75) is 0 Å². The van der Waals surface area contributed by atoms with E-state index in [9.17, 15) is 10.1 Å². The lowest BCUT2D eigenvalue weighted by Crippen LogP contribution is -2.13. The summed E-state index contributed by atoms with van der Waals surface area (Å²) in [7, 11) is 3.13. The third-order valence-electron chi connectivity index (χ3n) is 3.12. The van der Waals surface area contributed by atoms with Crippen LogP contribution >= 0.6 is 0 Å². The second kappa shape index (κ2) is 7.66. The van der Waals surface area contributed by atoms with Gasteiger partial charge in [-0.2, -0.15) is 5.26 Å². The van der Waals surface area contributed by atoms with Gasteiger partial charge >= 0.3 is 0 Å². The van der Waals surface area contributed by atoms with E-state index >= 15 is 0 Å². The molecule has 0 bridgehead atoms. The summed E-state index contributed by atoms with van der Waals surface area (Å²) in [6.07, 6.45) is 1.52. The molecule has 0 saturated carbocycles. The number of carbonyl (C=O) groups excluding carboxylic acids is 1. The molecule has 0 aliphatic carbocycles. The largest absolute Gasteiger partial charge is 0.497 e. The molecule has 1 N–H and O–H groups in total. The minimum atomic E-state index is -0.472. The molecule has 0 aliphatic rings. The molecule has 0 aromatic heterocycles. The molecular weight excluding hydrogens is 292 g/mol. The summed E-state index contributed by atoms with van der Waals surface area (Å²) in [5.41, 5.74) is 1.31. The van der Waals surface area contributed by atoms with Crippen molar-refractivity contribution < 1.29 is 14.3 Å². The van der Waals surface area contributed by atoms with E-state index in [1.165, 1.54) is 6.08 Å². The second-order valence-electron chi connectivity index (χ2n) is 4.63. The molecule has 5 nitrogen and oxygen atoms in total. The van der Waals surface area contributed by atoms with Crippen LogP contribution in [0.15, 0.2) is 54.1 Å². The first-order valence-corrected chi connectivity index (χ1v) is 6.87. The van der Waals surface area contributed by atoms with Crippen molar-refractivity contribution in [3.8, 4) is 17.6 Å². The van der Waals surface area contributed by atoms with Gasteiger partial charge in [-0.3, -0.25) is 4.79 Å². The van der Waals surface area contributed by atoms with E-state index < -0.39 is 5.91 Å². The lowest BCUT2D eigenvalue weighted by Gasteiger charge is -2.06. The molecule has 0 aliphatic heterocycles. The Morgan fingerprint density at radius 2 is 1.78 bits per heavy atom. The van der Waals surface area contributed by atoms with E-state index in [1.807, 2.05) is 6.07 Å². The maximum absolute atomic E-state index is 12.2. The summed E-state index contributed by atoms with van der Waals surface area (Å²) >= 11 is 0. The van der Waals surface area contributed by atoms with E-state index in [0.29, 0.717) is 22.7 Å². The molecule has 2 rings (SSSR count). The van der Waals surface area contributed by atoms with Gasteiger partial charge in [-0.05, 0) is 48.0 Å². The highest BCUT2D eigenvalue weighted by molar-refractivity contribution is 6.09. The van der Waals surface area contributed by atoms with Crippen LogP contribution in [0.3, 0.4) is 0 Å². The molecule has 23 heavy (non-hydrogen) atoms. The fraction of sp³-hybridized carbons (Fsp3) is 0.111. The van der Waals surface area contributed by atoms with Gasteiger partial charge in [-0.15, -0.1) is 0 Å². The Bertz CT molecular complexity index is 759. The van der Waals surface area contributed by atoms with Crippen LogP contribution < -0.4 is 14.8 Å². The minimum Gasteiger partial charge on any atom is -0.497 e. The van der Waals surface area contributed by atoms with E-state index in [2.05, 4.69) is 5.32 Å². The number of hydrogen-bond acceptors (Lipinski definition) is 4. The summed E-state index contributed by atoms with van der Waals surface area (Å²) in [5.74, 6) is 0.877. The van der Waals surface area contributed by atoms with Crippen LogP contribution in [-0.2, 0) is 4.79 Å². The number of methoxy groups -OCH3 is 2. The maximum Gasteiger partial charge on any atom is 0.266 e. The Morgan fingerprint density at radius 1 is 1.09 bits per heavy atom. The summed E-state index contributed by atoms with van der Waals surface area (Å²) in [6.45, 7) is 0. The van der Waals surface area contributed by atoms with Gasteiger partial charge in [-0.1, -0.05) is 12.1 Å². The highest BCUT2D eigenvalue weighted by Gasteiger charge is 2.09. The number of amides is 1. The van der Waals surface area contributed by atoms with Crippen molar-refractivity contribution in [2.24, 2.45) is 0 Å². The molecule has 0 unspecified atom stereocenters. The van der Waals surface area contributed by atoms with Crippen molar-refractivity contribution in [1.82, 2.24) is 0 Å². The number of hydrogen-bond donors (Lipinski definition) is 1. The lowest BCUT2D eigenvalue weighted by atomic mass is 10.1. The molecule has 5 heteroatoms. The van der Waals surface area contributed by atoms with E-state index in [4.69, 9.17) is 9.47 Å². The number of ether oxygens (including phenoxy) is 2. The van der Waals surface area contributed by atoms with Crippen LogP contribution in [0.25, 0.3) is 6.08 Å². The third kappa shape index (κ3) is 4.35. The zero-order valence-corrected chi connectivity index (χ0v) is 12.9. The van der Waals surface area contributed by atoms with Crippen LogP contribution in [0.2, 0.25) is 0 Å². The molecule has 116 valence electrons. The summed E-state index contributed by atoms with van der Waals surface area (Å²) in [4.78, 5) is 12.2. The first-order valence-electron chi connectivity index (χ1n) is 6.87. The average Bonchev–Trinajstić information content (AvgIpc) is 2.60. The van der Waals surface area contributed by atoms with E-state index in [-0.39, 0.29) is 5.57 Å². The Labute approximate surface area is 134 Å². The molecule has 0 fully saturated rings. The molecule has 0 spiro atoms. The predicted octanol–water partition coefficient (Wildman–Crippen LogP) is 3.25. The van der Waals surface area contributed by atoms with E-state index in [1.54, 1.807) is 62.8 Å². The highest BCUT2D eigenvalue weighted by atomic mass is 16.5. The van der Waals surface area contributed by atoms with Gasteiger partial charge in [0.1, 0.15) is 23.1 Å². The second-order valence-corrected chi connectivity index (χ2v) is 4.63. The molecule has 2 aromatic carbocycles. The zero-order valence-electron chi connectivity index (χ0n) is 12.9. The quantitative estimate of drug-likeness (QED) is 0.680. The molecule has 0 saturated heterocycles. The molecular formula is C18H16N2O3. The van der Waals surface area contributed by atoms with Crippen LogP contribution in [0.5, 0.6) is 11.5 Å². The average molecular weight is 308 g/mol. The Kier molecular flexibility index (Phi) is 5.37. The van der Waals surface area contributed by atoms with Crippen molar-refractivity contribution >= 4 is 17.7 Å². The number of rotatable bonds is 5. The summed E-state index contributed by atoms with van der Waals surface area (Å²) in [6, 6.07) is 15.9. The maximum atomic E-state index is 12.2. The van der Waals surface area contributed by atoms with Gasteiger partial charge in [0, 0.05) is 5.69 Å². The molecule has 2 aromatic rings.